The predicted molar refractivity (Wildman–Crippen MR) is 116 cm³/mol. The minimum atomic E-state index is -0.918. The highest BCUT2D eigenvalue weighted by Crippen LogP contribution is 2.34. The fourth-order valence-electron chi connectivity index (χ4n) is 3.53. The molecule has 1 aliphatic rings. The number of thioether (sulfide) groups is 1. The highest BCUT2D eigenvalue weighted by atomic mass is 32.2. The van der Waals surface area contributed by atoms with Crippen LogP contribution in [0.2, 0.25) is 0 Å². The molecular formula is C25H15F2NOS. The first-order valence-electron chi connectivity index (χ1n) is 9.42. The normalized spacial score (nSPS) is 13.3. The predicted octanol–water partition coefficient (Wildman–Crippen LogP) is 6.52. The first-order chi connectivity index (χ1) is 14.6. The third-order valence-corrected chi connectivity index (χ3v) is 6.22. The van der Waals surface area contributed by atoms with E-state index in [-0.39, 0.29) is 5.78 Å². The van der Waals surface area contributed by atoms with Gasteiger partial charge in [0.1, 0.15) is 0 Å². The van der Waals surface area contributed by atoms with Crippen molar-refractivity contribution < 1.29 is 13.6 Å². The number of pyridine rings is 1. The van der Waals surface area contributed by atoms with Gasteiger partial charge in [0, 0.05) is 33.2 Å². The molecule has 5 rings (SSSR count). The van der Waals surface area contributed by atoms with Crippen molar-refractivity contribution in [3.63, 3.8) is 0 Å². The fraction of sp³-hybridized carbons (Fsp3) is 0.0400. The van der Waals surface area contributed by atoms with Crippen molar-refractivity contribution in [1.29, 1.82) is 0 Å². The summed E-state index contributed by atoms with van der Waals surface area (Å²) in [6.45, 7) is 0. The van der Waals surface area contributed by atoms with Crippen LogP contribution in [-0.2, 0) is 5.75 Å². The maximum absolute atomic E-state index is 13.5. The molecule has 30 heavy (non-hydrogen) atoms. The summed E-state index contributed by atoms with van der Waals surface area (Å²) in [5.74, 6) is -1.01. The molecule has 0 atom stereocenters. The van der Waals surface area contributed by atoms with Gasteiger partial charge in [-0.15, -0.1) is 11.8 Å². The molecule has 1 aliphatic heterocycles. The number of benzene rings is 3. The van der Waals surface area contributed by atoms with Crippen molar-refractivity contribution in [3.8, 4) is 0 Å². The first-order valence-corrected chi connectivity index (χ1v) is 10.4. The van der Waals surface area contributed by atoms with Gasteiger partial charge in [-0.05, 0) is 41.5 Å². The van der Waals surface area contributed by atoms with Crippen LogP contribution in [0.3, 0.4) is 0 Å². The molecular weight excluding hydrogens is 400 g/mol. The molecule has 0 saturated carbocycles. The van der Waals surface area contributed by atoms with Gasteiger partial charge >= 0.3 is 0 Å². The molecule has 0 bridgehead atoms. The maximum atomic E-state index is 13.5. The van der Waals surface area contributed by atoms with Crippen LogP contribution >= 0.6 is 11.8 Å². The van der Waals surface area contributed by atoms with Gasteiger partial charge < -0.3 is 0 Å². The first kappa shape index (κ1) is 18.7. The number of halogens is 2. The Balaban J connectivity index is 1.48. The summed E-state index contributed by atoms with van der Waals surface area (Å²) in [6.07, 6.45) is 3.66. The smallest absolute Gasteiger partial charge is 0.194 e. The zero-order valence-corrected chi connectivity index (χ0v) is 16.5. The Hall–Kier alpha value is -3.31. The molecule has 3 aromatic carbocycles. The standard InChI is InChI=1S/C25H15F2NOS/c26-21-12-16-7-9-18(28-23(16)13-22(21)27)8-5-15-6-10-24-20(11-15)25(29)19-4-2-1-3-17(19)14-30-24/h1-13H,14H2/b8-5+. The van der Waals surface area contributed by atoms with Gasteiger partial charge in [0.25, 0.3) is 0 Å². The van der Waals surface area contributed by atoms with E-state index in [9.17, 15) is 13.6 Å². The van der Waals surface area contributed by atoms with Gasteiger partial charge in [0.2, 0.25) is 0 Å². The molecule has 146 valence electrons. The van der Waals surface area contributed by atoms with Crippen molar-refractivity contribution >= 4 is 40.6 Å². The summed E-state index contributed by atoms with van der Waals surface area (Å²) in [4.78, 5) is 18.4. The Morgan fingerprint density at radius 2 is 1.70 bits per heavy atom. The molecule has 0 amide bonds. The van der Waals surface area contributed by atoms with Crippen LogP contribution in [0.1, 0.15) is 32.7 Å². The summed E-state index contributed by atoms with van der Waals surface area (Å²) in [5, 5.41) is 0.539. The van der Waals surface area contributed by atoms with Gasteiger partial charge in [-0.1, -0.05) is 42.5 Å². The zero-order chi connectivity index (χ0) is 20.7. The van der Waals surface area contributed by atoms with Gasteiger partial charge in [-0.3, -0.25) is 4.79 Å². The molecule has 0 aliphatic carbocycles. The number of hydrogen-bond acceptors (Lipinski definition) is 3. The molecule has 0 radical (unpaired) electrons. The van der Waals surface area contributed by atoms with E-state index in [0.717, 1.165) is 39.5 Å². The molecule has 0 unspecified atom stereocenters. The Kier molecular flexibility index (Phi) is 4.68. The summed E-state index contributed by atoms with van der Waals surface area (Å²) >= 11 is 1.66. The number of nitrogens with zero attached hydrogens (tertiary/aromatic N) is 1. The summed E-state index contributed by atoms with van der Waals surface area (Å²) in [6, 6.07) is 19.2. The molecule has 0 saturated heterocycles. The van der Waals surface area contributed by atoms with Gasteiger partial charge in [0.15, 0.2) is 17.4 Å². The third-order valence-electron chi connectivity index (χ3n) is 5.09. The van der Waals surface area contributed by atoms with Crippen molar-refractivity contribution in [3.05, 3.63) is 106 Å². The van der Waals surface area contributed by atoms with Crippen molar-refractivity contribution in [2.45, 2.75) is 10.6 Å². The molecule has 2 heterocycles. The second-order valence-electron chi connectivity index (χ2n) is 7.06. The molecule has 0 fully saturated rings. The number of carbonyl (C=O) groups is 1. The largest absolute Gasteiger partial charge is 0.289 e. The number of carbonyl (C=O) groups excluding carboxylic acids is 1. The quantitative estimate of drug-likeness (QED) is 0.373. The van der Waals surface area contributed by atoms with E-state index in [1.165, 1.54) is 0 Å². The number of ketones is 1. The van der Waals surface area contributed by atoms with Crippen LogP contribution in [0, 0.1) is 11.6 Å². The van der Waals surface area contributed by atoms with Crippen molar-refractivity contribution in [2.24, 2.45) is 0 Å². The van der Waals surface area contributed by atoms with E-state index >= 15 is 0 Å². The molecule has 2 nitrogen and oxygen atoms in total. The Bertz CT molecular complexity index is 1350. The number of fused-ring (bicyclic) bond motifs is 3. The highest BCUT2D eigenvalue weighted by Gasteiger charge is 2.21. The van der Waals surface area contributed by atoms with Crippen LogP contribution in [0.25, 0.3) is 23.1 Å². The lowest BCUT2D eigenvalue weighted by Gasteiger charge is -2.06. The Labute approximate surface area is 176 Å². The van der Waals surface area contributed by atoms with Crippen LogP contribution in [0.5, 0.6) is 0 Å². The Morgan fingerprint density at radius 1 is 0.867 bits per heavy atom. The number of aromatic nitrogens is 1. The number of hydrogen-bond donors (Lipinski definition) is 0. The average Bonchev–Trinajstić information content (AvgIpc) is 2.90. The minimum absolute atomic E-state index is 0.0298. The molecule has 0 N–H and O–H groups in total. The lowest BCUT2D eigenvalue weighted by atomic mass is 9.98. The summed E-state index contributed by atoms with van der Waals surface area (Å²) in [7, 11) is 0. The fourth-order valence-corrected chi connectivity index (χ4v) is 4.56. The maximum Gasteiger partial charge on any atom is 0.194 e. The van der Waals surface area contributed by atoms with E-state index < -0.39 is 11.6 Å². The summed E-state index contributed by atoms with van der Waals surface area (Å²) < 4.78 is 26.9. The second-order valence-corrected chi connectivity index (χ2v) is 8.08. The van der Waals surface area contributed by atoms with Crippen LogP contribution in [-0.4, -0.2) is 10.8 Å². The van der Waals surface area contributed by atoms with Gasteiger partial charge in [0.05, 0.1) is 11.2 Å². The minimum Gasteiger partial charge on any atom is -0.289 e. The van der Waals surface area contributed by atoms with E-state index in [1.807, 2.05) is 48.5 Å². The lowest BCUT2D eigenvalue weighted by molar-refractivity contribution is 0.103. The van der Waals surface area contributed by atoms with E-state index in [2.05, 4.69) is 4.98 Å². The van der Waals surface area contributed by atoms with Crippen LogP contribution < -0.4 is 0 Å². The average molecular weight is 415 g/mol. The van der Waals surface area contributed by atoms with Gasteiger partial charge in [-0.25, -0.2) is 13.8 Å². The molecule has 0 spiro atoms. The topological polar surface area (TPSA) is 30.0 Å². The molecule has 5 heteroatoms. The summed E-state index contributed by atoms with van der Waals surface area (Å²) in [5.41, 5.74) is 4.36. The Morgan fingerprint density at radius 3 is 2.60 bits per heavy atom. The number of rotatable bonds is 2. The molecule has 1 aromatic heterocycles. The van der Waals surface area contributed by atoms with Crippen LogP contribution in [0.4, 0.5) is 8.78 Å². The molecule has 4 aromatic rings. The second kappa shape index (κ2) is 7.50. The highest BCUT2D eigenvalue weighted by molar-refractivity contribution is 7.98. The van der Waals surface area contributed by atoms with Crippen molar-refractivity contribution in [2.75, 3.05) is 0 Å². The third kappa shape index (κ3) is 3.42. The van der Waals surface area contributed by atoms with Crippen molar-refractivity contribution in [1.82, 2.24) is 4.98 Å². The lowest BCUT2D eigenvalue weighted by Crippen LogP contribution is -2.03. The van der Waals surface area contributed by atoms with Crippen LogP contribution in [0.15, 0.2) is 71.6 Å². The van der Waals surface area contributed by atoms with Gasteiger partial charge in [-0.2, -0.15) is 0 Å². The monoisotopic (exact) mass is 415 g/mol. The van der Waals surface area contributed by atoms with E-state index in [1.54, 1.807) is 30.0 Å². The SMILES string of the molecule is O=C1c2ccccc2CSc2ccc(/C=C/c3ccc4cc(F)c(F)cc4n3)cc21. The zero-order valence-electron chi connectivity index (χ0n) is 15.7. The van der Waals surface area contributed by atoms with E-state index in [0.29, 0.717) is 22.2 Å². The van der Waals surface area contributed by atoms with E-state index in [4.69, 9.17) is 0 Å².